The number of hydrogen-bond donors (Lipinski definition) is 1. The van der Waals surface area contributed by atoms with Crippen LogP contribution in [0.4, 0.5) is 5.69 Å². The molecule has 2 fully saturated rings. The van der Waals surface area contributed by atoms with E-state index in [1.807, 2.05) is 17.0 Å². The van der Waals surface area contributed by atoms with Crippen molar-refractivity contribution in [3.8, 4) is 0 Å². The number of nitrogens with zero attached hydrogens (tertiary/aromatic N) is 2. The molecule has 1 amide bonds. The molecular formula is C20H26N2O4. The molecule has 0 saturated carbocycles. The van der Waals surface area contributed by atoms with Crippen molar-refractivity contribution in [2.24, 2.45) is 11.8 Å². The molecule has 140 valence electrons. The molecule has 1 aromatic rings. The fraction of sp³-hybridized carbons (Fsp3) is 0.600. The van der Waals surface area contributed by atoms with E-state index in [9.17, 15) is 14.7 Å². The first kappa shape index (κ1) is 17.3. The number of carbonyl (C=O) groups excluding carboxylic acids is 1. The number of carbonyl (C=O) groups is 2. The van der Waals surface area contributed by atoms with Crippen molar-refractivity contribution in [2.45, 2.75) is 31.8 Å². The lowest BCUT2D eigenvalue weighted by atomic mass is 9.84. The van der Waals surface area contributed by atoms with Crippen LogP contribution in [-0.2, 0) is 20.7 Å². The van der Waals surface area contributed by atoms with E-state index in [0.29, 0.717) is 32.7 Å². The third-order valence-corrected chi connectivity index (χ3v) is 6.12. The van der Waals surface area contributed by atoms with Crippen LogP contribution in [0.3, 0.4) is 0 Å². The molecule has 0 aromatic heterocycles. The van der Waals surface area contributed by atoms with Crippen LogP contribution in [-0.4, -0.2) is 60.8 Å². The molecule has 1 unspecified atom stereocenters. The van der Waals surface area contributed by atoms with Gasteiger partial charge in [0, 0.05) is 31.9 Å². The van der Waals surface area contributed by atoms with Gasteiger partial charge in [-0.1, -0.05) is 18.2 Å². The summed E-state index contributed by atoms with van der Waals surface area (Å²) in [4.78, 5) is 28.2. The van der Waals surface area contributed by atoms with E-state index in [0.717, 1.165) is 25.8 Å². The van der Waals surface area contributed by atoms with Gasteiger partial charge < -0.3 is 19.6 Å². The van der Waals surface area contributed by atoms with Crippen molar-refractivity contribution in [3.63, 3.8) is 0 Å². The summed E-state index contributed by atoms with van der Waals surface area (Å²) in [5.41, 5.74) is 2.50. The van der Waals surface area contributed by atoms with Crippen LogP contribution >= 0.6 is 0 Å². The Morgan fingerprint density at radius 1 is 1.12 bits per heavy atom. The van der Waals surface area contributed by atoms with Gasteiger partial charge in [0.25, 0.3) is 0 Å². The van der Waals surface area contributed by atoms with Gasteiger partial charge in [-0.05, 0) is 43.2 Å². The number of aliphatic carboxylic acids is 1. The number of benzene rings is 1. The molecule has 0 aliphatic carbocycles. The second-order valence-corrected chi connectivity index (χ2v) is 7.59. The molecule has 3 aliphatic heterocycles. The first-order valence-corrected chi connectivity index (χ1v) is 9.58. The number of rotatable bonds is 4. The fourth-order valence-corrected chi connectivity index (χ4v) is 4.65. The van der Waals surface area contributed by atoms with Crippen LogP contribution in [0.25, 0.3) is 0 Å². The van der Waals surface area contributed by atoms with Gasteiger partial charge in [-0.2, -0.15) is 0 Å². The molecule has 2 atom stereocenters. The van der Waals surface area contributed by atoms with Crippen molar-refractivity contribution in [1.82, 2.24) is 4.90 Å². The third-order valence-electron chi connectivity index (χ3n) is 6.12. The lowest BCUT2D eigenvalue weighted by molar-refractivity contribution is -0.145. The zero-order valence-corrected chi connectivity index (χ0v) is 15.0. The summed E-state index contributed by atoms with van der Waals surface area (Å²) in [6, 6.07) is 8.29. The van der Waals surface area contributed by atoms with Crippen LogP contribution in [0.1, 0.15) is 24.8 Å². The van der Waals surface area contributed by atoms with Gasteiger partial charge in [0.05, 0.1) is 18.6 Å². The average Bonchev–Trinajstić information content (AvgIpc) is 3.29. The van der Waals surface area contributed by atoms with Crippen LogP contribution in [0.15, 0.2) is 24.3 Å². The van der Waals surface area contributed by atoms with Crippen molar-refractivity contribution < 1.29 is 19.4 Å². The number of likely N-dealkylation sites (tertiary alicyclic amines) is 1. The second-order valence-electron chi connectivity index (χ2n) is 7.59. The Morgan fingerprint density at radius 3 is 2.65 bits per heavy atom. The normalized spacial score (nSPS) is 26.2. The Bertz CT molecular complexity index is 684. The second kappa shape index (κ2) is 7.27. The summed E-state index contributed by atoms with van der Waals surface area (Å²) in [5, 5.41) is 9.34. The van der Waals surface area contributed by atoms with E-state index < -0.39 is 5.97 Å². The number of hydrogen-bond acceptors (Lipinski definition) is 4. The molecule has 3 aliphatic rings. The quantitative estimate of drug-likeness (QED) is 0.888. The van der Waals surface area contributed by atoms with Crippen molar-refractivity contribution >= 4 is 17.6 Å². The zero-order chi connectivity index (χ0) is 18.1. The molecule has 4 rings (SSSR count). The topological polar surface area (TPSA) is 70.1 Å². The molecule has 2 saturated heterocycles. The average molecular weight is 358 g/mol. The molecule has 1 N–H and O–H groups in total. The molecular weight excluding hydrogens is 332 g/mol. The summed E-state index contributed by atoms with van der Waals surface area (Å²) >= 11 is 0. The first-order valence-electron chi connectivity index (χ1n) is 9.58. The molecule has 0 spiro atoms. The van der Waals surface area contributed by atoms with Gasteiger partial charge in [-0.25, -0.2) is 0 Å². The predicted octanol–water partition coefficient (Wildman–Crippen LogP) is 1.78. The largest absolute Gasteiger partial charge is 0.481 e. The van der Waals surface area contributed by atoms with E-state index in [2.05, 4.69) is 17.0 Å². The first-order chi connectivity index (χ1) is 12.6. The SMILES string of the molecule is O=C(O)C1CCO[C@H]1C1CCN(C(=O)CN2CCc3ccccc32)CC1. The molecule has 0 radical (unpaired) electrons. The lowest BCUT2D eigenvalue weighted by Crippen LogP contribution is -2.46. The summed E-state index contributed by atoms with van der Waals surface area (Å²) in [6.45, 7) is 3.27. The van der Waals surface area contributed by atoms with Gasteiger partial charge in [-0.15, -0.1) is 0 Å². The van der Waals surface area contributed by atoms with Crippen LogP contribution in [0.5, 0.6) is 0 Å². The van der Waals surface area contributed by atoms with E-state index >= 15 is 0 Å². The Morgan fingerprint density at radius 2 is 1.88 bits per heavy atom. The number of anilines is 1. The van der Waals surface area contributed by atoms with Crippen LogP contribution in [0.2, 0.25) is 0 Å². The maximum Gasteiger partial charge on any atom is 0.309 e. The smallest absolute Gasteiger partial charge is 0.309 e. The Balaban J connectivity index is 1.31. The monoisotopic (exact) mass is 358 g/mol. The highest BCUT2D eigenvalue weighted by Gasteiger charge is 2.40. The number of fused-ring (bicyclic) bond motifs is 1. The van der Waals surface area contributed by atoms with E-state index in [4.69, 9.17) is 4.74 Å². The zero-order valence-electron chi connectivity index (χ0n) is 15.0. The Kier molecular flexibility index (Phi) is 4.85. The Labute approximate surface area is 153 Å². The van der Waals surface area contributed by atoms with Crippen LogP contribution < -0.4 is 4.90 Å². The summed E-state index contributed by atoms with van der Waals surface area (Å²) in [5.74, 6) is -0.723. The number of ether oxygens (including phenoxy) is 1. The summed E-state index contributed by atoms with van der Waals surface area (Å²) < 4.78 is 5.72. The van der Waals surface area contributed by atoms with Gasteiger partial charge in [0.1, 0.15) is 0 Å². The highest BCUT2D eigenvalue weighted by Crippen LogP contribution is 2.33. The minimum atomic E-state index is -0.751. The minimum Gasteiger partial charge on any atom is -0.481 e. The van der Waals surface area contributed by atoms with E-state index in [1.165, 1.54) is 11.3 Å². The van der Waals surface area contributed by atoms with Gasteiger partial charge in [0.15, 0.2) is 0 Å². The van der Waals surface area contributed by atoms with Crippen molar-refractivity contribution in [2.75, 3.05) is 37.7 Å². The Hall–Kier alpha value is -2.08. The van der Waals surface area contributed by atoms with Gasteiger partial charge in [0.2, 0.25) is 5.91 Å². The molecule has 3 heterocycles. The molecule has 0 bridgehead atoms. The molecule has 1 aromatic carbocycles. The van der Waals surface area contributed by atoms with Crippen molar-refractivity contribution in [1.29, 1.82) is 0 Å². The number of carboxylic acid groups (broad SMARTS) is 1. The summed E-state index contributed by atoms with van der Waals surface area (Å²) in [7, 11) is 0. The maximum atomic E-state index is 12.7. The minimum absolute atomic E-state index is 0.169. The molecule has 6 heteroatoms. The number of piperidine rings is 1. The molecule has 26 heavy (non-hydrogen) atoms. The lowest BCUT2D eigenvalue weighted by Gasteiger charge is -2.36. The van der Waals surface area contributed by atoms with Crippen LogP contribution in [0, 0.1) is 11.8 Å². The maximum absolute atomic E-state index is 12.7. The standard InChI is InChI=1S/C20H26N2O4/c23-18(13-22-11-5-14-3-1-2-4-17(14)22)21-9-6-15(7-10-21)19-16(20(24)25)8-12-26-19/h1-4,15-16,19H,5-13H2,(H,24,25)/t16?,19-/m0/s1. The number of para-hydroxylation sites is 1. The van der Waals surface area contributed by atoms with Crippen molar-refractivity contribution in [3.05, 3.63) is 29.8 Å². The fourth-order valence-electron chi connectivity index (χ4n) is 4.65. The van der Waals surface area contributed by atoms with E-state index in [-0.39, 0.29) is 23.8 Å². The summed E-state index contributed by atoms with van der Waals surface area (Å²) in [6.07, 6.45) is 3.08. The highest BCUT2D eigenvalue weighted by molar-refractivity contribution is 5.82. The molecule has 6 nitrogen and oxygen atoms in total. The highest BCUT2D eigenvalue weighted by atomic mass is 16.5. The van der Waals surface area contributed by atoms with Gasteiger partial charge >= 0.3 is 5.97 Å². The van der Waals surface area contributed by atoms with Gasteiger partial charge in [-0.3, -0.25) is 9.59 Å². The van der Waals surface area contributed by atoms with E-state index in [1.54, 1.807) is 0 Å². The number of amides is 1. The number of carboxylic acids is 1. The predicted molar refractivity (Wildman–Crippen MR) is 97.1 cm³/mol. The third kappa shape index (κ3) is 3.30.